The number of esters is 1. The van der Waals surface area contributed by atoms with E-state index in [-0.39, 0.29) is 16.8 Å². The number of alkyl halides is 1. The molecule has 0 spiro atoms. The third kappa shape index (κ3) is 2.81. The van der Waals surface area contributed by atoms with Gasteiger partial charge in [-0.3, -0.25) is 4.79 Å². The number of rotatable bonds is 3. The molecule has 3 atom stereocenters. The van der Waals surface area contributed by atoms with Gasteiger partial charge >= 0.3 is 5.97 Å². The zero-order valence-electron chi connectivity index (χ0n) is 16.2. The largest absolute Gasteiger partial charge is 0.469 e. The summed E-state index contributed by atoms with van der Waals surface area (Å²) < 4.78 is 5.21. The van der Waals surface area contributed by atoms with E-state index in [1.165, 1.54) is 29.4 Å². The quantitative estimate of drug-likeness (QED) is 0.506. The number of ether oxygens (including phenoxy) is 1. The van der Waals surface area contributed by atoms with Crippen molar-refractivity contribution in [1.82, 2.24) is 0 Å². The van der Waals surface area contributed by atoms with Crippen molar-refractivity contribution < 1.29 is 9.53 Å². The van der Waals surface area contributed by atoms with E-state index in [1.807, 2.05) is 0 Å². The Kier molecular flexibility index (Phi) is 4.96. The molecule has 0 radical (unpaired) electrons. The van der Waals surface area contributed by atoms with Gasteiger partial charge in [-0.05, 0) is 72.1 Å². The molecule has 1 aromatic carbocycles. The van der Waals surface area contributed by atoms with Gasteiger partial charge in [-0.2, -0.15) is 0 Å². The fraction of sp³-hybridized carbons (Fsp3) is 0.682. The minimum absolute atomic E-state index is 0.0328. The van der Waals surface area contributed by atoms with Crippen LogP contribution in [0, 0.1) is 11.3 Å². The highest BCUT2D eigenvalue weighted by Crippen LogP contribution is 2.58. The van der Waals surface area contributed by atoms with Crippen molar-refractivity contribution in [2.24, 2.45) is 11.3 Å². The van der Waals surface area contributed by atoms with Gasteiger partial charge in [0.1, 0.15) is 0 Å². The minimum Gasteiger partial charge on any atom is -0.469 e. The SMILES string of the molecule is COC(=O)C1(C)CCC[C@@]2(C)c3cc(CCl)c(C(C)C)cc3CCC12. The molecule has 0 heterocycles. The van der Waals surface area contributed by atoms with Crippen LogP contribution in [0.3, 0.4) is 0 Å². The van der Waals surface area contributed by atoms with Gasteiger partial charge < -0.3 is 4.74 Å². The summed E-state index contributed by atoms with van der Waals surface area (Å²) >= 11 is 6.29. The third-order valence-electron chi connectivity index (χ3n) is 7.03. The van der Waals surface area contributed by atoms with Crippen LogP contribution >= 0.6 is 11.6 Å². The van der Waals surface area contributed by atoms with Gasteiger partial charge in [0.2, 0.25) is 0 Å². The molecule has 2 nitrogen and oxygen atoms in total. The van der Waals surface area contributed by atoms with Crippen LogP contribution in [-0.2, 0) is 27.2 Å². The highest BCUT2D eigenvalue weighted by molar-refractivity contribution is 6.17. The Morgan fingerprint density at radius 2 is 2.04 bits per heavy atom. The summed E-state index contributed by atoms with van der Waals surface area (Å²) in [6.07, 6.45) is 5.25. The first kappa shape index (κ1) is 18.8. The second kappa shape index (κ2) is 6.61. The van der Waals surface area contributed by atoms with E-state index in [2.05, 4.69) is 39.8 Å². The molecule has 0 N–H and O–H groups in total. The van der Waals surface area contributed by atoms with Crippen LogP contribution in [0.4, 0.5) is 0 Å². The molecule has 0 aliphatic heterocycles. The second-order valence-electron chi connectivity index (χ2n) is 8.77. The molecule has 3 heteroatoms. The normalized spacial score (nSPS) is 31.4. The van der Waals surface area contributed by atoms with Gasteiger partial charge in [0.25, 0.3) is 0 Å². The molecular weight excluding hydrogens is 332 g/mol. The molecule has 0 bridgehead atoms. The zero-order chi connectivity index (χ0) is 18.4. The number of benzene rings is 1. The lowest BCUT2D eigenvalue weighted by Gasteiger charge is -2.54. The molecular formula is C22H31ClO2. The van der Waals surface area contributed by atoms with Crippen molar-refractivity contribution in [1.29, 1.82) is 0 Å². The topological polar surface area (TPSA) is 26.3 Å². The molecule has 1 saturated carbocycles. The lowest BCUT2D eigenvalue weighted by Crippen LogP contribution is -2.52. The number of hydrogen-bond acceptors (Lipinski definition) is 2. The Morgan fingerprint density at radius 1 is 1.32 bits per heavy atom. The van der Waals surface area contributed by atoms with E-state index in [9.17, 15) is 4.79 Å². The summed E-state index contributed by atoms with van der Waals surface area (Å²) in [5.74, 6) is 1.33. The smallest absolute Gasteiger partial charge is 0.311 e. The fourth-order valence-corrected chi connectivity index (χ4v) is 5.94. The van der Waals surface area contributed by atoms with Gasteiger partial charge in [-0.15, -0.1) is 11.6 Å². The predicted molar refractivity (Wildman–Crippen MR) is 103 cm³/mol. The first-order valence-corrected chi connectivity index (χ1v) is 10.1. The highest BCUT2D eigenvalue weighted by atomic mass is 35.5. The molecule has 1 aromatic rings. The molecule has 138 valence electrons. The van der Waals surface area contributed by atoms with Gasteiger partial charge in [-0.25, -0.2) is 0 Å². The molecule has 0 saturated heterocycles. The Morgan fingerprint density at radius 3 is 2.64 bits per heavy atom. The highest BCUT2D eigenvalue weighted by Gasteiger charge is 2.55. The number of carbonyl (C=O) groups excluding carboxylic acids is 1. The zero-order valence-corrected chi connectivity index (χ0v) is 17.0. The van der Waals surface area contributed by atoms with Crippen LogP contribution in [0.2, 0.25) is 0 Å². The summed E-state index contributed by atoms with van der Waals surface area (Å²) in [6.45, 7) is 8.96. The summed E-state index contributed by atoms with van der Waals surface area (Å²) in [5, 5.41) is 0. The Labute approximate surface area is 157 Å². The maximum atomic E-state index is 12.6. The van der Waals surface area contributed by atoms with E-state index in [0.717, 1.165) is 32.1 Å². The number of hydrogen-bond donors (Lipinski definition) is 0. The monoisotopic (exact) mass is 362 g/mol. The van der Waals surface area contributed by atoms with Crippen LogP contribution in [0.5, 0.6) is 0 Å². The number of halogens is 1. The Bertz CT molecular complexity index is 681. The predicted octanol–water partition coefficient (Wildman–Crippen LogP) is 5.73. The van der Waals surface area contributed by atoms with Gasteiger partial charge in [0.15, 0.2) is 0 Å². The van der Waals surface area contributed by atoms with Gasteiger partial charge in [-0.1, -0.05) is 39.3 Å². The standard InChI is InChI=1S/C22H31ClO2/c1-14(2)17-11-15-7-8-19-21(3,18(15)12-16(17)13-23)9-6-10-22(19,4)20(24)25-5/h11-12,14,19H,6-10,13H2,1-5H3/t19?,21-,22?/m0/s1. The number of carbonyl (C=O) groups is 1. The lowest BCUT2D eigenvalue weighted by atomic mass is 9.49. The van der Waals surface area contributed by atoms with Crippen molar-refractivity contribution in [3.8, 4) is 0 Å². The van der Waals surface area contributed by atoms with Crippen LogP contribution in [0.15, 0.2) is 12.1 Å². The first-order valence-electron chi connectivity index (χ1n) is 9.58. The number of fused-ring (bicyclic) bond motifs is 3. The van der Waals surface area contributed by atoms with Gasteiger partial charge in [0.05, 0.1) is 12.5 Å². The van der Waals surface area contributed by atoms with Crippen molar-refractivity contribution >= 4 is 17.6 Å². The molecule has 25 heavy (non-hydrogen) atoms. The molecule has 2 unspecified atom stereocenters. The fourth-order valence-electron chi connectivity index (χ4n) is 5.71. The van der Waals surface area contributed by atoms with E-state index >= 15 is 0 Å². The van der Waals surface area contributed by atoms with Gasteiger partial charge in [0, 0.05) is 5.88 Å². The number of methoxy groups -OCH3 is 1. The van der Waals surface area contributed by atoms with Crippen LogP contribution < -0.4 is 0 Å². The van der Waals surface area contributed by atoms with E-state index in [4.69, 9.17) is 16.3 Å². The average molecular weight is 363 g/mol. The van der Waals surface area contributed by atoms with Crippen molar-refractivity contribution in [2.75, 3.05) is 7.11 Å². The molecule has 2 aliphatic carbocycles. The first-order chi connectivity index (χ1) is 11.8. The van der Waals surface area contributed by atoms with E-state index in [1.54, 1.807) is 0 Å². The van der Waals surface area contributed by atoms with Crippen LogP contribution in [0.25, 0.3) is 0 Å². The van der Waals surface area contributed by atoms with E-state index < -0.39 is 0 Å². The maximum Gasteiger partial charge on any atom is 0.311 e. The molecule has 2 aliphatic rings. The molecule has 3 rings (SSSR count). The van der Waals surface area contributed by atoms with Crippen LogP contribution in [-0.4, -0.2) is 13.1 Å². The summed E-state index contributed by atoms with van der Waals surface area (Å²) in [7, 11) is 1.52. The molecule has 0 amide bonds. The third-order valence-corrected chi connectivity index (χ3v) is 7.32. The van der Waals surface area contributed by atoms with Crippen molar-refractivity contribution in [3.63, 3.8) is 0 Å². The second-order valence-corrected chi connectivity index (χ2v) is 9.04. The maximum absolute atomic E-state index is 12.6. The molecule has 1 fully saturated rings. The Hall–Kier alpha value is -1.02. The van der Waals surface area contributed by atoms with E-state index in [0.29, 0.717) is 17.7 Å². The Balaban J connectivity index is 2.12. The van der Waals surface area contributed by atoms with Crippen molar-refractivity contribution in [2.45, 2.75) is 77.0 Å². The minimum atomic E-state index is -0.378. The number of aryl methyl sites for hydroxylation is 1. The average Bonchev–Trinajstić information content (AvgIpc) is 2.59. The lowest BCUT2D eigenvalue weighted by molar-refractivity contribution is -0.161. The molecule has 0 aromatic heterocycles. The summed E-state index contributed by atoms with van der Waals surface area (Å²) in [4.78, 5) is 12.6. The van der Waals surface area contributed by atoms with Crippen LogP contribution in [0.1, 0.15) is 81.5 Å². The summed E-state index contributed by atoms with van der Waals surface area (Å²) in [5.41, 5.74) is 5.18. The summed E-state index contributed by atoms with van der Waals surface area (Å²) in [6, 6.07) is 4.75. The van der Waals surface area contributed by atoms with Crippen molar-refractivity contribution in [3.05, 3.63) is 34.4 Å².